The van der Waals surface area contributed by atoms with Crippen LogP contribution in [0.25, 0.3) is 0 Å². The van der Waals surface area contributed by atoms with Gasteiger partial charge in [0.25, 0.3) is 5.91 Å². The van der Waals surface area contributed by atoms with Gasteiger partial charge in [-0.1, -0.05) is 15.9 Å². The first kappa shape index (κ1) is 17.1. The molecule has 2 heterocycles. The van der Waals surface area contributed by atoms with Crippen LogP contribution in [0.4, 0.5) is 5.69 Å². The first-order valence-electron chi connectivity index (χ1n) is 7.58. The van der Waals surface area contributed by atoms with Gasteiger partial charge in [0.05, 0.1) is 30.4 Å². The van der Waals surface area contributed by atoms with Crippen LogP contribution >= 0.6 is 31.9 Å². The Kier molecular flexibility index (Phi) is 4.92. The van der Waals surface area contributed by atoms with Gasteiger partial charge in [-0.05, 0) is 48.0 Å². The Morgan fingerprint density at radius 1 is 1.13 bits per heavy atom. The number of hydrogen-bond acceptors (Lipinski definition) is 4. The Labute approximate surface area is 152 Å². The average Bonchev–Trinajstić information content (AvgIpc) is 2.74. The minimum Gasteiger partial charge on any atom is -0.373 e. The van der Waals surface area contributed by atoms with Crippen LogP contribution in [0.3, 0.4) is 0 Å². The van der Waals surface area contributed by atoms with E-state index in [1.54, 1.807) is 6.07 Å². The third kappa shape index (κ3) is 3.38. The van der Waals surface area contributed by atoms with E-state index in [1.807, 2.05) is 26.0 Å². The van der Waals surface area contributed by atoms with Crippen LogP contribution in [0.2, 0.25) is 0 Å². The summed E-state index contributed by atoms with van der Waals surface area (Å²) in [6, 6.07) is 5.04. The minimum atomic E-state index is -0.396. The van der Waals surface area contributed by atoms with E-state index in [2.05, 4.69) is 36.8 Å². The summed E-state index contributed by atoms with van der Waals surface area (Å²) in [5.41, 5.74) is 0.597. The monoisotopic (exact) mass is 444 g/mol. The maximum atomic E-state index is 12.9. The van der Waals surface area contributed by atoms with Crippen molar-refractivity contribution in [1.82, 2.24) is 4.90 Å². The summed E-state index contributed by atoms with van der Waals surface area (Å²) in [5.74, 6) is -0.311. The normalized spacial score (nSPS) is 29.4. The van der Waals surface area contributed by atoms with E-state index < -0.39 is 6.04 Å². The SMILES string of the molecule is C[C@@H]1CN([C@@H]2CC(=O)N(c3ccc(Br)cc3Br)C2=O)C[C@H](C)O1. The molecular formula is C16H18Br2N2O3. The molecule has 0 aliphatic carbocycles. The highest BCUT2D eigenvalue weighted by molar-refractivity contribution is 9.11. The summed E-state index contributed by atoms with van der Waals surface area (Å²) in [4.78, 5) is 28.7. The zero-order chi connectivity index (χ0) is 16.7. The molecule has 2 aliphatic rings. The van der Waals surface area contributed by atoms with Gasteiger partial charge in [0.2, 0.25) is 5.91 Å². The van der Waals surface area contributed by atoms with E-state index in [0.717, 1.165) is 8.95 Å². The zero-order valence-electron chi connectivity index (χ0n) is 13.0. The fraction of sp³-hybridized carbons (Fsp3) is 0.500. The molecule has 3 rings (SSSR count). The number of anilines is 1. The Hall–Kier alpha value is -0.760. The lowest BCUT2D eigenvalue weighted by Crippen LogP contribution is -2.52. The average molecular weight is 446 g/mol. The molecule has 1 aromatic carbocycles. The molecule has 1 aromatic rings. The maximum absolute atomic E-state index is 12.9. The molecule has 23 heavy (non-hydrogen) atoms. The molecule has 2 saturated heterocycles. The van der Waals surface area contributed by atoms with Crippen LogP contribution in [0.1, 0.15) is 20.3 Å². The molecule has 7 heteroatoms. The molecule has 124 valence electrons. The second-order valence-corrected chi connectivity index (χ2v) is 7.86. The first-order chi connectivity index (χ1) is 10.9. The number of morpholine rings is 1. The lowest BCUT2D eigenvalue weighted by atomic mass is 10.1. The largest absolute Gasteiger partial charge is 0.373 e. The van der Waals surface area contributed by atoms with Crippen molar-refractivity contribution in [3.8, 4) is 0 Å². The topological polar surface area (TPSA) is 49.9 Å². The van der Waals surface area contributed by atoms with Crippen molar-refractivity contribution in [2.24, 2.45) is 0 Å². The second kappa shape index (κ2) is 6.63. The summed E-state index contributed by atoms with van der Waals surface area (Å²) in [6.45, 7) is 5.33. The first-order valence-corrected chi connectivity index (χ1v) is 9.16. The number of amides is 2. The highest BCUT2D eigenvalue weighted by Crippen LogP contribution is 2.34. The van der Waals surface area contributed by atoms with Gasteiger partial charge in [-0.15, -0.1) is 0 Å². The number of halogens is 2. The Morgan fingerprint density at radius 3 is 2.39 bits per heavy atom. The van der Waals surface area contributed by atoms with Crippen LogP contribution in [0.15, 0.2) is 27.1 Å². The van der Waals surface area contributed by atoms with Crippen molar-refractivity contribution >= 4 is 49.4 Å². The Balaban J connectivity index is 1.85. The molecule has 0 spiro atoms. The standard InChI is InChI=1S/C16H18Br2N2O3/c1-9-7-19(8-10(2)23-9)14-6-15(21)20(16(14)22)13-4-3-11(17)5-12(13)18/h3-5,9-10,14H,6-8H2,1-2H3/t9-,10+,14-/m1/s1. The van der Waals surface area contributed by atoms with Crippen molar-refractivity contribution in [2.75, 3.05) is 18.0 Å². The van der Waals surface area contributed by atoms with Crippen LogP contribution < -0.4 is 4.90 Å². The van der Waals surface area contributed by atoms with E-state index in [0.29, 0.717) is 18.8 Å². The van der Waals surface area contributed by atoms with Crippen molar-refractivity contribution in [2.45, 2.75) is 38.5 Å². The molecule has 2 aliphatic heterocycles. The van der Waals surface area contributed by atoms with Gasteiger partial charge in [0.15, 0.2) is 0 Å². The predicted octanol–water partition coefficient (Wildman–Crippen LogP) is 2.95. The fourth-order valence-corrected chi connectivity index (χ4v) is 4.51. The van der Waals surface area contributed by atoms with Gasteiger partial charge in [-0.25, -0.2) is 4.90 Å². The van der Waals surface area contributed by atoms with Crippen LogP contribution in [-0.2, 0) is 14.3 Å². The van der Waals surface area contributed by atoms with Crippen LogP contribution in [0, 0.1) is 0 Å². The van der Waals surface area contributed by atoms with Gasteiger partial charge in [0, 0.05) is 22.0 Å². The quantitative estimate of drug-likeness (QED) is 0.656. The van der Waals surface area contributed by atoms with E-state index in [-0.39, 0.29) is 30.4 Å². The van der Waals surface area contributed by atoms with Gasteiger partial charge in [-0.3, -0.25) is 14.5 Å². The zero-order valence-corrected chi connectivity index (χ0v) is 16.1. The van der Waals surface area contributed by atoms with E-state index >= 15 is 0 Å². The molecule has 0 unspecified atom stereocenters. The second-order valence-electron chi connectivity index (χ2n) is 6.09. The molecule has 0 bridgehead atoms. The molecule has 0 N–H and O–H groups in total. The molecule has 3 atom stereocenters. The molecule has 0 saturated carbocycles. The third-order valence-corrected chi connectivity index (χ3v) is 5.29. The number of rotatable bonds is 2. The van der Waals surface area contributed by atoms with Gasteiger partial charge in [0.1, 0.15) is 0 Å². The van der Waals surface area contributed by atoms with Gasteiger partial charge >= 0.3 is 0 Å². The lowest BCUT2D eigenvalue weighted by Gasteiger charge is -2.37. The third-order valence-electron chi connectivity index (χ3n) is 4.16. The van der Waals surface area contributed by atoms with E-state index in [1.165, 1.54) is 4.90 Å². The molecule has 2 amide bonds. The summed E-state index contributed by atoms with van der Waals surface area (Å²) in [6.07, 6.45) is 0.353. The molecule has 0 aromatic heterocycles. The lowest BCUT2D eigenvalue weighted by molar-refractivity contribution is -0.127. The smallest absolute Gasteiger partial charge is 0.251 e. The highest BCUT2D eigenvalue weighted by atomic mass is 79.9. The number of carbonyl (C=O) groups excluding carboxylic acids is 2. The van der Waals surface area contributed by atoms with E-state index in [9.17, 15) is 9.59 Å². The number of ether oxygens (including phenoxy) is 1. The maximum Gasteiger partial charge on any atom is 0.251 e. The number of nitrogens with zero attached hydrogens (tertiary/aromatic N) is 2. The summed E-state index contributed by atoms with van der Waals surface area (Å²) >= 11 is 6.82. The summed E-state index contributed by atoms with van der Waals surface area (Å²) < 4.78 is 7.33. The van der Waals surface area contributed by atoms with Gasteiger partial charge in [-0.2, -0.15) is 0 Å². The van der Waals surface area contributed by atoms with Gasteiger partial charge < -0.3 is 4.74 Å². The number of hydrogen-bond donors (Lipinski definition) is 0. The fourth-order valence-electron chi connectivity index (χ4n) is 3.29. The van der Waals surface area contributed by atoms with E-state index in [4.69, 9.17) is 4.74 Å². The van der Waals surface area contributed by atoms with Crippen molar-refractivity contribution in [3.05, 3.63) is 27.1 Å². The van der Waals surface area contributed by atoms with Crippen LogP contribution in [0.5, 0.6) is 0 Å². The van der Waals surface area contributed by atoms with Crippen molar-refractivity contribution in [1.29, 1.82) is 0 Å². The summed E-state index contributed by atoms with van der Waals surface area (Å²) in [7, 11) is 0. The van der Waals surface area contributed by atoms with Crippen molar-refractivity contribution < 1.29 is 14.3 Å². The summed E-state index contributed by atoms with van der Waals surface area (Å²) in [5, 5.41) is 0. The highest BCUT2D eigenvalue weighted by Gasteiger charge is 2.44. The molecular weight excluding hydrogens is 428 g/mol. The minimum absolute atomic E-state index is 0.0649. The number of imide groups is 1. The Morgan fingerprint density at radius 2 is 1.78 bits per heavy atom. The van der Waals surface area contributed by atoms with Crippen molar-refractivity contribution in [3.63, 3.8) is 0 Å². The number of carbonyl (C=O) groups is 2. The number of benzene rings is 1. The molecule has 5 nitrogen and oxygen atoms in total. The molecule has 0 radical (unpaired) electrons. The predicted molar refractivity (Wildman–Crippen MR) is 94.3 cm³/mol. The van der Waals surface area contributed by atoms with Crippen LogP contribution in [-0.4, -0.2) is 48.1 Å². The molecule has 2 fully saturated rings. The Bertz CT molecular complexity index is 642.